The molecule has 2 N–H and O–H groups in total. The molecule has 1 aromatic heterocycles. The van der Waals surface area contributed by atoms with Gasteiger partial charge in [-0.3, -0.25) is 0 Å². The van der Waals surface area contributed by atoms with Gasteiger partial charge in [0.25, 0.3) is 0 Å². The van der Waals surface area contributed by atoms with Crippen molar-refractivity contribution in [2.45, 2.75) is 26.9 Å². The number of aromatic amines is 1. The van der Waals surface area contributed by atoms with Gasteiger partial charge in [-0.05, 0) is 45.6 Å². The zero-order valence-electron chi connectivity index (χ0n) is 12.1. The van der Waals surface area contributed by atoms with Crippen molar-refractivity contribution in [3.05, 3.63) is 47.0 Å². The van der Waals surface area contributed by atoms with Crippen molar-refractivity contribution in [1.29, 1.82) is 0 Å². The third-order valence-electron chi connectivity index (χ3n) is 3.06. The summed E-state index contributed by atoms with van der Waals surface area (Å²) in [6.07, 6.45) is 0. The molecule has 0 aliphatic rings. The lowest BCUT2D eigenvalue weighted by Crippen LogP contribution is -2.10. The highest BCUT2D eigenvalue weighted by Crippen LogP contribution is 2.13. The van der Waals surface area contributed by atoms with Crippen molar-refractivity contribution >= 4 is 5.69 Å². The van der Waals surface area contributed by atoms with E-state index in [4.69, 9.17) is 0 Å². The third kappa shape index (κ3) is 3.83. The summed E-state index contributed by atoms with van der Waals surface area (Å²) < 4.78 is 0. The van der Waals surface area contributed by atoms with Crippen LogP contribution in [-0.2, 0) is 13.1 Å². The topological polar surface area (TPSA) is 44.0 Å². The lowest BCUT2D eigenvalue weighted by molar-refractivity contribution is 0.402. The molecule has 0 aliphatic carbocycles. The number of anilines is 1. The Morgan fingerprint density at radius 2 is 2.05 bits per heavy atom. The van der Waals surface area contributed by atoms with Crippen molar-refractivity contribution < 1.29 is 0 Å². The highest BCUT2D eigenvalue weighted by atomic mass is 15.0. The van der Waals surface area contributed by atoms with Crippen molar-refractivity contribution in [3.63, 3.8) is 0 Å². The molecule has 0 fully saturated rings. The van der Waals surface area contributed by atoms with Crippen LogP contribution in [0.5, 0.6) is 0 Å². The average molecular weight is 258 g/mol. The molecule has 0 amide bonds. The molecule has 0 radical (unpaired) electrons. The molecule has 0 unspecified atom stereocenters. The zero-order valence-corrected chi connectivity index (χ0v) is 12.1. The largest absolute Gasteiger partial charge is 0.378 e. The summed E-state index contributed by atoms with van der Waals surface area (Å²) in [5.74, 6) is 0.980. The van der Waals surface area contributed by atoms with Crippen LogP contribution >= 0.6 is 0 Å². The van der Waals surface area contributed by atoms with E-state index in [1.807, 2.05) is 13.8 Å². The molecule has 2 aromatic rings. The predicted octanol–water partition coefficient (Wildman–Crippen LogP) is 2.70. The number of hydrogen-bond acceptors (Lipinski definition) is 3. The molecule has 0 spiro atoms. The van der Waals surface area contributed by atoms with Gasteiger partial charge in [-0.15, -0.1) is 0 Å². The van der Waals surface area contributed by atoms with E-state index in [0.717, 1.165) is 36.0 Å². The van der Waals surface area contributed by atoms with Crippen LogP contribution in [0.25, 0.3) is 0 Å². The Morgan fingerprint density at radius 3 is 2.68 bits per heavy atom. The van der Waals surface area contributed by atoms with Crippen LogP contribution < -0.4 is 5.32 Å². The van der Waals surface area contributed by atoms with Crippen LogP contribution in [0.2, 0.25) is 0 Å². The smallest absolute Gasteiger partial charge is 0.125 e. The first-order chi connectivity index (χ1) is 9.04. The highest BCUT2D eigenvalue weighted by molar-refractivity contribution is 5.45. The highest BCUT2D eigenvalue weighted by Gasteiger charge is 2.02. The number of imidazole rings is 1. The summed E-state index contributed by atoms with van der Waals surface area (Å²) in [6, 6.07) is 8.50. The molecule has 0 saturated carbocycles. The molecular weight excluding hydrogens is 236 g/mol. The maximum absolute atomic E-state index is 4.47. The van der Waals surface area contributed by atoms with Crippen LogP contribution in [0.15, 0.2) is 24.3 Å². The number of aryl methyl sites for hydroxylation is 2. The summed E-state index contributed by atoms with van der Waals surface area (Å²) >= 11 is 0. The fourth-order valence-corrected chi connectivity index (χ4v) is 2.04. The second-order valence-electron chi connectivity index (χ2n) is 5.19. The number of rotatable bonds is 5. The van der Waals surface area contributed by atoms with Crippen molar-refractivity contribution in [2.24, 2.45) is 0 Å². The van der Waals surface area contributed by atoms with Gasteiger partial charge in [-0.25, -0.2) is 4.98 Å². The van der Waals surface area contributed by atoms with Gasteiger partial charge in [-0.2, -0.15) is 0 Å². The van der Waals surface area contributed by atoms with Gasteiger partial charge in [0, 0.05) is 17.9 Å². The van der Waals surface area contributed by atoms with E-state index >= 15 is 0 Å². The number of hydrogen-bond donors (Lipinski definition) is 2. The Hall–Kier alpha value is -1.81. The quantitative estimate of drug-likeness (QED) is 0.866. The average Bonchev–Trinajstić information content (AvgIpc) is 2.66. The first-order valence-corrected chi connectivity index (χ1v) is 6.54. The fourth-order valence-electron chi connectivity index (χ4n) is 2.04. The lowest BCUT2D eigenvalue weighted by atomic mass is 10.2. The van der Waals surface area contributed by atoms with Gasteiger partial charge in [0.1, 0.15) is 5.82 Å². The Labute approximate surface area is 114 Å². The summed E-state index contributed by atoms with van der Waals surface area (Å²) in [6.45, 7) is 5.74. The minimum atomic E-state index is 0.722. The van der Waals surface area contributed by atoms with Crippen molar-refractivity contribution in [2.75, 3.05) is 19.4 Å². The summed E-state index contributed by atoms with van der Waals surface area (Å²) in [5.41, 5.74) is 4.64. The molecular formula is C15H22N4. The van der Waals surface area contributed by atoms with Gasteiger partial charge < -0.3 is 15.2 Å². The normalized spacial score (nSPS) is 11.0. The molecule has 102 valence electrons. The second-order valence-corrected chi connectivity index (χ2v) is 5.19. The molecule has 0 aliphatic heterocycles. The fraction of sp³-hybridized carbons (Fsp3) is 0.400. The molecule has 0 saturated heterocycles. The van der Waals surface area contributed by atoms with Gasteiger partial charge in [0.2, 0.25) is 0 Å². The first-order valence-electron chi connectivity index (χ1n) is 6.54. The van der Waals surface area contributed by atoms with Crippen molar-refractivity contribution in [3.8, 4) is 0 Å². The van der Waals surface area contributed by atoms with Gasteiger partial charge in [-0.1, -0.05) is 12.1 Å². The third-order valence-corrected chi connectivity index (χ3v) is 3.06. The van der Waals surface area contributed by atoms with E-state index in [9.17, 15) is 0 Å². The lowest BCUT2D eigenvalue weighted by Gasteiger charge is -2.11. The molecule has 19 heavy (non-hydrogen) atoms. The first kappa shape index (κ1) is 13.6. The van der Waals surface area contributed by atoms with Gasteiger partial charge in [0.15, 0.2) is 0 Å². The Morgan fingerprint density at radius 1 is 1.26 bits per heavy atom. The van der Waals surface area contributed by atoms with E-state index in [-0.39, 0.29) is 0 Å². The van der Waals surface area contributed by atoms with Crippen molar-refractivity contribution in [1.82, 2.24) is 14.9 Å². The summed E-state index contributed by atoms with van der Waals surface area (Å²) in [5, 5.41) is 3.40. The summed E-state index contributed by atoms with van der Waals surface area (Å²) in [4.78, 5) is 9.91. The zero-order chi connectivity index (χ0) is 13.8. The number of benzene rings is 1. The van der Waals surface area contributed by atoms with Crippen LogP contribution in [-0.4, -0.2) is 29.0 Å². The molecule has 0 atom stereocenters. The van der Waals surface area contributed by atoms with Gasteiger partial charge in [0.05, 0.1) is 12.2 Å². The minimum Gasteiger partial charge on any atom is -0.378 e. The monoisotopic (exact) mass is 258 g/mol. The molecule has 2 rings (SSSR count). The minimum absolute atomic E-state index is 0.722. The summed E-state index contributed by atoms with van der Waals surface area (Å²) in [7, 11) is 4.16. The molecule has 1 aromatic carbocycles. The second kappa shape index (κ2) is 5.89. The SMILES string of the molecule is Cc1nc(CNc2cccc(CN(C)C)c2)[nH]c1C. The maximum Gasteiger partial charge on any atom is 0.125 e. The Bertz CT molecular complexity index is 523. The van der Waals surface area contributed by atoms with Crippen LogP contribution in [0.4, 0.5) is 5.69 Å². The van der Waals surface area contributed by atoms with Crippen LogP contribution in [0.3, 0.4) is 0 Å². The molecule has 0 bridgehead atoms. The van der Waals surface area contributed by atoms with E-state index < -0.39 is 0 Å². The van der Waals surface area contributed by atoms with Crippen LogP contribution in [0.1, 0.15) is 22.8 Å². The van der Waals surface area contributed by atoms with E-state index in [1.165, 1.54) is 5.56 Å². The Kier molecular flexibility index (Phi) is 4.22. The Balaban J connectivity index is 1.99. The molecule has 4 nitrogen and oxygen atoms in total. The van der Waals surface area contributed by atoms with E-state index in [1.54, 1.807) is 0 Å². The number of aromatic nitrogens is 2. The van der Waals surface area contributed by atoms with Crippen LogP contribution in [0, 0.1) is 13.8 Å². The number of nitrogens with one attached hydrogen (secondary N) is 2. The standard InChI is InChI=1S/C15H22N4/c1-11-12(2)18-15(17-11)9-16-14-7-5-6-13(8-14)10-19(3)4/h5-8,16H,9-10H2,1-4H3,(H,17,18). The molecule has 4 heteroatoms. The van der Waals surface area contributed by atoms with Gasteiger partial charge >= 0.3 is 0 Å². The predicted molar refractivity (Wildman–Crippen MR) is 79.2 cm³/mol. The number of H-pyrrole nitrogens is 1. The maximum atomic E-state index is 4.47. The van der Waals surface area contributed by atoms with E-state index in [2.05, 4.69) is 58.5 Å². The van der Waals surface area contributed by atoms with E-state index in [0.29, 0.717) is 0 Å². The molecule has 1 heterocycles. The number of nitrogens with zero attached hydrogens (tertiary/aromatic N) is 2.